The lowest BCUT2D eigenvalue weighted by Gasteiger charge is -2.13. The molecular formula is C14H17NO2S. The van der Waals surface area contributed by atoms with Gasteiger partial charge < -0.3 is 15.5 Å². The van der Waals surface area contributed by atoms with Crippen molar-refractivity contribution in [3.63, 3.8) is 0 Å². The number of rotatable bonds is 5. The van der Waals surface area contributed by atoms with Crippen LogP contribution in [-0.4, -0.2) is 16.3 Å². The van der Waals surface area contributed by atoms with E-state index in [4.69, 9.17) is 0 Å². The maximum Gasteiger partial charge on any atom is 0.157 e. The van der Waals surface area contributed by atoms with Crippen molar-refractivity contribution in [1.82, 2.24) is 5.32 Å². The highest BCUT2D eigenvalue weighted by molar-refractivity contribution is 7.09. The molecule has 2 aromatic rings. The quantitative estimate of drug-likeness (QED) is 0.727. The Morgan fingerprint density at radius 3 is 2.72 bits per heavy atom. The second-order valence-electron chi connectivity index (χ2n) is 4.39. The summed E-state index contributed by atoms with van der Waals surface area (Å²) in [6.07, 6.45) is 1.00. The van der Waals surface area contributed by atoms with E-state index in [1.165, 1.54) is 10.9 Å². The summed E-state index contributed by atoms with van der Waals surface area (Å²) < 4.78 is 0. The molecule has 0 spiro atoms. The van der Waals surface area contributed by atoms with Crippen molar-refractivity contribution in [1.29, 1.82) is 0 Å². The maximum atomic E-state index is 9.40. The number of benzene rings is 1. The van der Waals surface area contributed by atoms with E-state index in [0.29, 0.717) is 12.6 Å². The maximum absolute atomic E-state index is 9.40. The molecule has 1 atom stereocenters. The molecule has 18 heavy (non-hydrogen) atoms. The van der Waals surface area contributed by atoms with Gasteiger partial charge in [0, 0.05) is 17.5 Å². The Hall–Kier alpha value is -1.52. The zero-order valence-electron chi connectivity index (χ0n) is 10.3. The molecule has 1 unspecified atom stereocenters. The van der Waals surface area contributed by atoms with E-state index in [9.17, 15) is 10.2 Å². The van der Waals surface area contributed by atoms with Crippen LogP contribution in [0.1, 0.15) is 17.4 Å². The molecule has 0 aliphatic heterocycles. The topological polar surface area (TPSA) is 52.5 Å². The molecule has 1 aromatic carbocycles. The van der Waals surface area contributed by atoms with Crippen LogP contribution in [-0.2, 0) is 13.0 Å². The van der Waals surface area contributed by atoms with Crippen molar-refractivity contribution in [3.8, 4) is 11.5 Å². The van der Waals surface area contributed by atoms with Gasteiger partial charge in [0.25, 0.3) is 0 Å². The average molecular weight is 263 g/mol. The monoisotopic (exact) mass is 263 g/mol. The lowest BCUT2D eigenvalue weighted by atomic mass is 10.1. The van der Waals surface area contributed by atoms with E-state index in [1.807, 2.05) is 0 Å². The van der Waals surface area contributed by atoms with Crippen LogP contribution in [0.25, 0.3) is 0 Å². The van der Waals surface area contributed by atoms with Gasteiger partial charge in [-0.05, 0) is 42.5 Å². The van der Waals surface area contributed by atoms with E-state index < -0.39 is 0 Å². The number of phenols is 2. The molecule has 3 nitrogen and oxygen atoms in total. The highest BCUT2D eigenvalue weighted by atomic mass is 32.1. The van der Waals surface area contributed by atoms with Gasteiger partial charge in [-0.15, -0.1) is 11.3 Å². The summed E-state index contributed by atoms with van der Waals surface area (Å²) in [6, 6.07) is 9.47. The van der Waals surface area contributed by atoms with Crippen LogP contribution in [0, 0.1) is 0 Å². The van der Waals surface area contributed by atoms with E-state index in [2.05, 4.69) is 29.8 Å². The highest BCUT2D eigenvalue weighted by Crippen LogP contribution is 2.24. The van der Waals surface area contributed by atoms with Crippen molar-refractivity contribution in [3.05, 3.63) is 46.2 Å². The minimum atomic E-state index is -0.0783. The number of aromatic hydroxyl groups is 2. The van der Waals surface area contributed by atoms with Gasteiger partial charge >= 0.3 is 0 Å². The van der Waals surface area contributed by atoms with Gasteiger partial charge in [-0.3, -0.25) is 0 Å². The van der Waals surface area contributed by atoms with Gasteiger partial charge in [0.15, 0.2) is 11.5 Å². The van der Waals surface area contributed by atoms with Gasteiger partial charge in [0.2, 0.25) is 0 Å². The van der Waals surface area contributed by atoms with Crippen LogP contribution in [0.5, 0.6) is 11.5 Å². The minimum absolute atomic E-state index is 0.0693. The molecule has 0 bridgehead atoms. The second-order valence-corrected chi connectivity index (χ2v) is 5.42. The first-order chi connectivity index (χ1) is 8.65. The van der Waals surface area contributed by atoms with Crippen LogP contribution in [0.2, 0.25) is 0 Å². The van der Waals surface area contributed by atoms with E-state index >= 15 is 0 Å². The van der Waals surface area contributed by atoms with Gasteiger partial charge in [0.1, 0.15) is 0 Å². The number of hydrogen-bond acceptors (Lipinski definition) is 4. The first-order valence-electron chi connectivity index (χ1n) is 5.92. The molecule has 1 aromatic heterocycles. The lowest BCUT2D eigenvalue weighted by Crippen LogP contribution is -2.27. The largest absolute Gasteiger partial charge is 0.504 e. The average Bonchev–Trinajstić information content (AvgIpc) is 2.83. The third-order valence-electron chi connectivity index (χ3n) is 2.78. The fourth-order valence-corrected chi connectivity index (χ4v) is 2.61. The normalized spacial score (nSPS) is 12.5. The van der Waals surface area contributed by atoms with Crippen molar-refractivity contribution in [2.24, 2.45) is 0 Å². The minimum Gasteiger partial charge on any atom is -0.504 e. The summed E-state index contributed by atoms with van der Waals surface area (Å²) in [6.45, 7) is 2.82. The van der Waals surface area contributed by atoms with Crippen LogP contribution >= 0.6 is 11.3 Å². The zero-order valence-corrected chi connectivity index (χ0v) is 11.1. The smallest absolute Gasteiger partial charge is 0.157 e. The SMILES string of the molecule is CC(Cc1cccs1)NCc1ccc(O)c(O)c1. The molecule has 3 N–H and O–H groups in total. The Balaban J connectivity index is 1.85. The molecule has 0 saturated carbocycles. The standard InChI is InChI=1S/C14H17NO2S/c1-10(7-12-3-2-6-18-12)15-9-11-4-5-13(16)14(17)8-11/h2-6,8,10,15-17H,7,9H2,1H3. The molecule has 96 valence electrons. The molecule has 0 aliphatic carbocycles. The molecule has 0 radical (unpaired) electrons. The van der Waals surface area contributed by atoms with Crippen LogP contribution < -0.4 is 5.32 Å². The molecule has 0 amide bonds. The summed E-state index contributed by atoms with van der Waals surface area (Å²) >= 11 is 1.76. The van der Waals surface area contributed by atoms with Gasteiger partial charge in [-0.1, -0.05) is 12.1 Å². The number of thiophene rings is 1. The highest BCUT2D eigenvalue weighted by Gasteiger charge is 2.05. The molecule has 0 saturated heterocycles. The van der Waals surface area contributed by atoms with Gasteiger partial charge in [0.05, 0.1) is 0 Å². The summed E-state index contributed by atoms with van der Waals surface area (Å²) in [4.78, 5) is 1.36. The molecule has 4 heteroatoms. The van der Waals surface area contributed by atoms with Crippen molar-refractivity contribution in [2.75, 3.05) is 0 Å². The van der Waals surface area contributed by atoms with Gasteiger partial charge in [-0.25, -0.2) is 0 Å². The van der Waals surface area contributed by atoms with Crippen LogP contribution in [0.4, 0.5) is 0 Å². The van der Waals surface area contributed by atoms with E-state index in [1.54, 1.807) is 23.5 Å². The van der Waals surface area contributed by atoms with Crippen LogP contribution in [0.3, 0.4) is 0 Å². The lowest BCUT2D eigenvalue weighted by molar-refractivity contribution is 0.402. The van der Waals surface area contributed by atoms with Crippen LogP contribution in [0.15, 0.2) is 35.7 Å². The first kappa shape index (κ1) is 12.9. The Morgan fingerprint density at radius 1 is 1.22 bits per heavy atom. The summed E-state index contributed by atoms with van der Waals surface area (Å²) in [5.41, 5.74) is 0.961. The Morgan fingerprint density at radius 2 is 2.06 bits per heavy atom. The fraction of sp³-hybridized carbons (Fsp3) is 0.286. The second kappa shape index (κ2) is 5.89. The predicted octanol–water partition coefficient (Wildman–Crippen LogP) is 2.88. The number of hydrogen-bond donors (Lipinski definition) is 3. The predicted molar refractivity (Wildman–Crippen MR) is 74.1 cm³/mol. The Bertz CT molecular complexity index is 497. The first-order valence-corrected chi connectivity index (χ1v) is 6.80. The molecular weight excluding hydrogens is 246 g/mol. The summed E-state index contributed by atoms with van der Waals surface area (Å²) in [5.74, 6) is -0.148. The Labute approximate surface area is 111 Å². The number of phenolic OH excluding ortho intramolecular Hbond substituents is 2. The third-order valence-corrected chi connectivity index (χ3v) is 3.68. The molecule has 2 rings (SSSR count). The summed E-state index contributed by atoms with van der Waals surface area (Å²) in [7, 11) is 0. The molecule has 0 fully saturated rings. The van der Waals surface area contributed by atoms with Crippen molar-refractivity contribution >= 4 is 11.3 Å². The molecule has 0 aliphatic rings. The fourth-order valence-electron chi connectivity index (χ4n) is 1.77. The van der Waals surface area contributed by atoms with Crippen molar-refractivity contribution < 1.29 is 10.2 Å². The van der Waals surface area contributed by atoms with E-state index in [-0.39, 0.29) is 11.5 Å². The van der Waals surface area contributed by atoms with E-state index in [0.717, 1.165) is 12.0 Å². The number of nitrogens with one attached hydrogen (secondary N) is 1. The Kier molecular flexibility index (Phi) is 4.23. The summed E-state index contributed by atoms with van der Waals surface area (Å²) in [5, 5.41) is 24.1. The molecule has 1 heterocycles. The van der Waals surface area contributed by atoms with Gasteiger partial charge in [-0.2, -0.15) is 0 Å². The third kappa shape index (κ3) is 3.48. The van der Waals surface area contributed by atoms with Crippen molar-refractivity contribution in [2.45, 2.75) is 25.9 Å². The zero-order chi connectivity index (χ0) is 13.0.